The van der Waals surface area contributed by atoms with Crippen molar-refractivity contribution in [3.05, 3.63) is 29.6 Å². The zero-order chi connectivity index (χ0) is 14.3. The summed E-state index contributed by atoms with van der Waals surface area (Å²) in [5, 5.41) is 9.42. The number of carbonyl (C=O) groups is 1. The second-order valence-corrected chi connectivity index (χ2v) is 5.41. The third-order valence-corrected chi connectivity index (χ3v) is 4.11. The van der Waals surface area contributed by atoms with E-state index >= 15 is 0 Å². The van der Waals surface area contributed by atoms with Gasteiger partial charge in [-0.05, 0) is 25.0 Å². The first-order chi connectivity index (χ1) is 9.52. The van der Waals surface area contributed by atoms with Crippen LogP contribution in [0.5, 0.6) is 0 Å². The predicted octanol–water partition coefficient (Wildman–Crippen LogP) is 3.03. The minimum atomic E-state index is -0.999. The van der Waals surface area contributed by atoms with Crippen LogP contribution >= 0.6 is 0 Å². The molecule has 3 rings (SSSR count). The van der Waals surface area contributed by atoms with Crippen molar-refractivity contribution in [3.63, 3.8) is 0 Å². The number of nitrogens with one attached hydrogen (secondary N) is 1. The van der Waals surface area contributed by atoms with Gasteiger partial charge in [-0.3, -0.25) is 4.79 Å². The van der Waals surface area contributed by atoms with E-state index in [4.69, 9.17) is 0 Å². The highest BCUT2D eigenvalue weighted by Gasteiger charge is 2.42. The Morgan fingerprint density at radius 2 is 2.05 bits per heavy atom. The lowest BCUT2D eigenvalue weighted by Crippen LogP contribution is -2.30. The van der Waals surface area contributed by atoms with Gasteiger partial charge < -0.3 is 10.1 Å². The molecular formula is C14H14F2N2O2. The number of carboxylic acid groups (broad SMARTS) is 1. The van der Waals surface area contributed by atoms with Gasteiger partial charge >= 0.3 is 5.97 Å². The van der Waals surface area contributed by atoms with Crippen LogP contribution in [-0.2, 0) is 11.2 Å². The van der Waals surface area contributed by atoms with Crippen molar-refractivity contribution < 1.29 is 18.7 Å². The lowest BCUT2D eigenvalue weighted by atomic mass is 9.82. The SMILES string of the molecule is O=C(O)C1(Cc2nc3c(F)c(F)ccc3[nH]2)CCCC1. The van der Waals surface area contributed by atoms with Crippen LogP contribution in [0.15, 0.2) is 12.1 Å². The molecule has 1 heterocycles. The summed E-state index contributed by atoms with van der Waals surface area (Å²) in [6.45, 7) is 0. The molecule has 4 nitrogen and oxygen atoms in total. The minimum absolute atomic E-state index is 0.0708. The summed E-state index contributed by atoms with van der Waals surface area (Å²) in [5.74, 6) is -2.40. The van der Waals surface area contributed by atoms with Crippen molar-refractivity contribution in [3.8, 4) is 0 Å². The van der Waals surface area contributed by atoms with Crippen molar-refractivity contribution in [2.45, 2.75) is 32.1 Å². The van der Waals surface area contributed by atoms with E-state index in [-0.39, 0.29) is 11.9 Å². The van der Waals surface area contributed by atoms with Gasteiger partial charge in [0.2, 0.25) is 0 Å². The lowest BCUT2D eigenvalue weighted by molar-refractivity contribution is -0.148. The maximum atomic E-state index is 13.6. The minimum Gasteiger partial charge on any atom is -0.481 e. The molecule has 6 heteroatoms. The standard InChI is InChI=1S/C14H14F2N2O2/c15-8-3-4-9-12(11(8)16)18-10(17-9)7-14(13(19)20)5-1-2-6-14/h3-4H,1-2,5-7H2,(H,17,18)(H,19,20). The Morgan fingerprint density at radius 1 is 1.35 bits per heavy atom. The number of aromatic nitrogens is 2. The van der Waals surface area contributed by atoms with Gasteiger partial charge in [-0.15, -0.1) is 0 Å². The Labute approximate surface area is 113 Å². The predicted molar refractivity (Wildman–Crippen MR) is 68.3 cm³/mol. The van der Waals surface area contributed by atoms with Gasteiger partial charge in [-0.1, -0.05) is 12.8 Å². The van der Waals surface area contributed by atoms with E-state index in [0.29, 0.717) is 24.2 Å². The molecule has 1 saturated carbocycles. The van der Waals surface area contributed by atoms with Crippen LogP contribution < -0.4 is 0 Å². The first kappa shape index (κ1) is 13.0. The Balaban J connectivity index is 1.99. The molecule has 0 radical (unpaired) electrons. The molecule has 1 aliphatic carbocycles. The number of H-pyrrole nitrogens is 1. The maximum Gasteiger partial charge on any atom is 0.310 e. The number of aromatic amines is 1. The Kier molecular flexibility index (Phi) is 2.96. The summed E-state index contributed by atoms with van der Waals surface area (Å²) >= 11 is 0. The van der Waals surface area contributed by atoms with Crippen LogP contribution in [0.3, 0.4) is 0 Å². The molecule has 0 amide bonds. The van der Waals surface area contributed by atoms with Gasteiger partial charge in [0, 0.05) is 6.42 Å². The van der Waals surface area contributed by atoms with Gasteiger partial charge in [0.25, 0.3) is 0 Å². The lowest BCUT2D eigenvalue weighted by Gasteiger charge is -2.22. The van der Waals surface area contributed by atoms with Crippen molar-refractivity contribution in [2.24, 2.45) is 5.41 Å². The van der Waals surface area contributed by atoms with Crippen molar-refractivity contribution in [1.82, 2.24) is 9.97 Å². The van der Waals surface area contributed by atoms with E-state index < -0.39 is 23.0 Å². The molecule has 0 spiro atoms. The van der Waals surface area contributed by atoms with Crippen LogP contribution in [0, 0.1) is 17.0 Å². The van der Waals surface area contributed by atoms with Crippen LogP contribution in [0.4, 0.5) is 8.78 Å². The first-order valence-corrected chi connectivity index (χ1v) is 6.58. The third kappa shape index (κ3) is 1.95. The monoisotopic (exact) mass is 280 g/mol. The van der Waals surface area contributed by atoms with Gasteiger partial charge in [0.15, 0.2) is 11.6 Å². The molecule has 0 saturated heterocycles. The normalized spacial score (nSPS) is 17.7. The fourth-order valence-corrected chi connectivity index (χ4v) is 2.99. The van der Waals surface area contributed by atoms with E-state index in [1.807, 2.05) is 0 Å². The highest BCUT2D eigenvalue weighted by Crippen LogP contribution is 2.41. The number of hydrogen-bond acceptors (Lipinski definition) is 2. The smallest absolute Gasteiger partial charge is 0.310 e. The molecule has 106 valence electrons. The van der Waals surface area contributed by atoms with Crippen molar-refractivity contribution in [2.75, 3.05) is 0 Å². The van der Waals surface area contributed by atoms with E-state index in [9.17, 15) is 18.7 Å². The summed E-state index contributed by atoms with van der Waals surface area (Å²) in [4.78, 5) is 18.4. The first-order valence-electron chi connectivity index (χ1n) is 6.58. The fourth-order valence-electron chi connectivity index (χ4n) is 2.99. The number of fused-ring (bicyclic) bond motifs is 1. The van der Waals surface area contributed by atoms with Crippen LogP contribution in [-0.4, -0.2) is 21.0 Å². The summed E-state index contributed by atoms with van der Waals surface area (Å²) in [6, 6.07) is 2.44. The van der Waals surface area contributed by atoms with Crippen LogP contribution in [0.2, 0.25) is 0 Å². The number of hydrogen-bond donors (Lipinski definition) is 2. The number of benzene rings is 1. The number of nitrogens with zero attached hydrogens (tertiary/aromatic N) is 1. The average molecular weight is 280 g/mol. The number of halogens is 2. The average Bonchev–Trinajstić information content (AvgIpc) is 3.02. The van der Waals surface area contributed by atoms with Gasteiger partial charge in [0.05, 0.1) is 10.9 Å². The molecule has 2 N–H and O–H groups in total. The molecule has 20 heavy (non-hydrogen) atoms. The number of imidazole rings is 1. The van der Waals surface area contributed by atoms with E-state index in [2.05, 4.69) is 9.97 Å². The summed E-state index contributed by atoms with van der Waals surface area (Å²) in [5.41, 5.74) is -0.515. The Bertz CT molecular complexity index is 675. The number of carboxylic acids is 1. The zero-order valence-corrected chi connectivity index (χ0v) is 10.7. The summed E-state index contributed by atoms with van der Waals surface area (Å²) in [6.07, 6.45) is 3.15. The van der Waals surface area contributed by atoms with E-state index in [0.717, 1.165) is 18.9 Å². The van der Waals surface area contributed by atoms with Crippen molar-refractivity contribution >= 4 is 17.0 Å². The maximum absolute atomic E-state index is 13.6. The second-order valence-electron chi connectivity index (χ2n) is 5.41. The molecule has 0 aliphatic heterocycles. The number of aliphatic carboxylic acids is 1. The molecule has 2 aromatic rings. The summed E-state index contributed by atoms with van der Waals surface area (Å²) < 4.78 is 26.7. The largest absolute Gasteiger partial charge is 0.481 e. The third-order valence-electron chi connectivity index (χ3n) is 4.11. The van der Waals surface area contributed by atoms with Gasteiger partial charge in [-0.2, -0.15) is 0 Å². The fraction of sp³-hybridized carbons (Fsp3) is 0.429. The molecule has 0 atom stereocenters. The molecule has 1 aromatic carbocycles. The highest BCUT2D eigenvalue weighted by atomic mass is 19.2. The Hall–Kier alpha value is -1.98. The Morgan fingerprint density at radius 3 is 2.70 bits per heavy atom. The molecular weight excluding hydrogens is 266 g/mol. The highest BCUT2D eigenvalue weighted by molar-refractivity contribution is 5.77. The van der Waals surface area contributed by atoms with Crippen LogP contribution in [0.25, 0.3) is 11.0 Å². The van der Waals surface area contributed by atoms with Crippen LogP contribution in [0.1, 0.15) is 31.5 Å². The summed E-state index contributed by atoms with van der Waals surface area (Å²) in [7, 11) is 0. The molecule has 1 aliphatic rings. The number of rotatable bonds is 3. The quantitative estimate of drug-likeness (QED) is 0.908. The molecule has 0 bridgehead atoms. The second kappa shape index (κ2) is 4.54. The van der Waals surface area contributed by atoms with Gasteiger partial charge in [-0.25, -0.2) is 13.8 Å². The van der Waals surface area contributed by atoms with E-state index in [1.165, 1.54) is 6.07 Å². The van der Waals surface area contributed by atoms with E-state index in [1.54, 1.807) is 0 Å². The zero-order valence-electron chi connectivity index (χ0n) is 10.7. The van der Waals surface area contributed by atoms with Crippen molar-refractivity contribution in [1.29, 1.82) is 0 Å². The van der Waals surface area contributed by atoms with Gasteiger partial charge in [0.1, 0.15) is 11.3 Å². The molecule has 1 fully saturated rings. The molecule has 0 unspecified atom stereocenters. The topological polar surface area (TPSA) is 66.0 Å². The molecule has 1 aromatic heterocycles.